The summed E-state index contributed by atoms with van der Waals surface area (Å²) in [5, 5.41) is 1.11. The van der Waals surface area contributed by atoms with Crippen LogP contribution in [0, 0.1) is 5.41 Å². The summed E-state index contributed by atoms with van der Waals surface area (Å²) in [4.78, 5) is 8.41. The van der Waals surface area contributed by atoms with Crippen molar-refractivity contribution in [2.24, 2.45) is 11.1 Å². The fraction of sp³-hybridized carbons (Fsp3) is 0.471. The van der Waals surface area contributed by atoms with Gasteiger partial charge in [0.25, 0.3) is 0 Å². The van der Waals surface area contributed by atoms with Crippen molar-refractivity contribution in [3.63, 3.8) is 0 Å². The topological polar surface area (TPSA) is 42.2 Å². The minimum Gasteiger partial charge on any atom is -0.327 e. The van der Waals surface area contributed by atoms with Gasteiger partial charge >= 0.3 is 0 Å². The van der Waals surface area contributed by atoms with E-state index in [9.17, 15) is 0 Å². The molecule has 1 aromatic heterocycles. The molecule has 5 heteroatoms. The van der Waals surface area contributed by atoms with E-state index in [1.165, 1.54) is 10.4 Å². The third-order valence-electron chi connectivity index (χ3n) is 4.34. The van der Waals surface area contributed by atoms with Crippen molar-refractivity contribution in [3.05, 3.63) is 41.4 Å². The van der Waals surface area contributed by atoms with E-state index >= 15 is 0 Å². The van der Waals surface area contributed by atoms with E-state index in [0.717, 1.165) is 31.1 Å². The molecule has 1 unspecified atom stereocenters. The van der Waals surface area contributed by atoms with Gasteiger partial charge in [0.1, 0.15) is 5.01 Å². The molecule has 3 nitrogen and oxygen atoms in total. The standard InChI is InChI=1S/C17H23N3S.ClH/c1-17(2)12-20(9-8-15(17)18)11-14-10-19-16(21-14)13-6-4-3-5-7-13;/h3-7,10,15H,8-9,11-12,18H2,1-2H3;1H. The van der Waals surface area contributed by atoms with Gasteiger partial charge in [0.15, 0.2) is 0 Å². The number of benzene rings is 1. The van der Waals surface area contributed by atoms with Crippen LogP contribution >= 0.6 is 23.7 Å². The number of hydrogen-bond donors (Lipinski definition) is 1. The predicted molar refractivity (Wildman–Crippen MR) is 96.4 cm³/mol. The van der Waals surface area contributed by atoms with Crippen molar-refractivity contribution in [1.82, 2.24) is 9.88 Å². The second kappa shape index (κ2) is 7.09. The van der Waals surface area contributed by atoms with E-state index in [1.54, 1.807) is 11.3 Å². The minimum atomic E-state index is 0. The second-order valence-corrected chi connectivity index (χ2v) is 7.71. The molecule has 2 aromatic rings. The van der Waals surface area contributed by atoms with Gasteiger partial charge in [-0.3, -0.25) is 4.90 Å². The van der Waals surface area contributed by atoms with Gasteiger partial charge < -0.3 is 5.73 Å². The van der Waals surface area contributed by atoms with Crippen LogP contribution in [0.3, 0.4) is 0 Å². The summed E-state index contributed by atoms with van der Waals surface area (Å²) in [6.45, 7) is 7.67. The molecule has 0 amide bonds. The van der Waals surface area contributed by atoms with E-state index in [-0.39, 0.29) is 17.8 Å². The molecule has 1 aromatic carbocycles. The third kappa shape index (κ3) is 3.87. The molecule has 120 valence electrons. The Morgan fingerprint density at radius 3 is 2.73 bits per heavy atom. The van der Waals surface area contributed by atoms with Crippen molar-refractivity contribution >= 4 is 23.7 Å². The molecule has 1 fully saturated rings. The van der Waals surface area contributed by atoms with Gasteiger partial charge in [-0.25, -0.2) is 4.98 Å². The van der Waals surface area contributed by atoms with Crippen LogP contribution in [0.1, 0.15) is 25.1 Å². The van der Waals surface area contributed by atoms with Gasteiger partial charge in [0.05, 0.1) is 0 Å². The number of halogens is 1. The first-order valence-electron chi connectivity index (χ1n) is 7.53. The quantitative estimate of drug-likeness (QED) is 0.926. The molecular formula is C17H24ClN3S. The van der Waals surface area contributed by atoms with E-state index in [1.807, 2.05) is 12.3 Å². The summed E-state index contributed by atoms with van der Waals surface area (Å²) in [6.07, 6.45) is 3.10. The van der Waals surface area contributed by atoms with Crippen LogP contribution in [0.15, 0.2) is 36.5 Å². The Balaban J connectivity index is 0.00000176. The second-order valence-electron chi connectivity index (χ2n) is 6.59. The summed E-state index contributed by atoms with van der Waals surface area (Å²) in [7, 11) is 0. The predicted octanol–water partition coefficient (Wildman–Crippen LogP) is 3.79. The summed E-state index contributed by atoms with van der Waals surface area (Å²) >= 11 is 1.80. The first-order chi connectivity index (χ1) is 10.0. The van der Waals surface area contributed by atoms with Gasteiger partial charge in [-0.05, 0) is 11.8 Å². The largest absolute Gasteiger partial charge is 0.327 e. The molecule has 0 radical (unpaired) electrons. The Morgan fingerprint density at radius 1 is 1.32 bits per heavy atom. The molecule has 3 rings (SSSR count). The number of nitrogens with zero attached hydrogens (tertiary/aromatic N) is 2. The summed E-state index contributed by atoms with van der Waals surface area (Å²) < 4.78 is 0. The normalized spacial score (nSPS) is 21.3. The van der Waals surface area contributed by atoms with Gasteiger partial charge in [-0.2, -0.15) is 0 Å². The molecule has 1 atom stereocenters. The summed E-state index contributed by atoms with van der Waals surface area (Å²) in [6, 6.07) is 10.7. The van der Waals surface area contributed by atoms with Crippen LogP contribution in [0.25, 0.3) is 10.6 Å². The van der Waals surface area contributed by atoms with Crippen molar-refractivity contribution in [3.8, 4) is 10.6 Å². The highest BCUT2D eigenvalue weighted by molar-refractivity contribution is 7.15. The van der Waals surface area contributed by atoms with Crippen LogP contribution in [-0.2, 0) is 6.54 Å². The molecule has 2 N–H and O–H groups in total. The number of aromatic nitrogens is 1. The minimum absolute atomic E-state index is 0. The van der Waals surface area contributed by atoms with Crippen molar-refractivity contribution in [1.29, 1.82) is 0 Å². The average molecular weight is 338 g/mol. The third-order valence-corrected chi connectivity index (χ3v) is 5.38. The lowest BCUT2D eigenvalue weighted by Crippen LogP contribution is -2.51. The van der Waals surface area contributed by atoms with E-state index in [2.05, 4.69) is 48.0 Å². The number of likely N-dealkylation sites (tertiary alicyclic amines) is 1. The van der Waals surface area contributed by atoms with E-state index < -0.39 is 0 Å². The van der Waals surface area contributed by atoms with Crippen LogP contribution in [0.5, 0.6) is 0 Å². The highest BCUT2D eigenvalue weighted by Gasteiger charge is 2.33. The Kier molecular flexibility index (Phi) is 5.61. The molecule has 1 aliphatic rings. The monoisotopic (exact) mass is 337 g/mol. The Bertz CT molecular complexity index is 597. The molecule has 1 saturated heterocycles. The SMILES string of the molecule is CC1(C)CN(Cc2cnc(-c3ccccc3)s2)CCC1N.Cl. The molecule has 1 aliphatic heterocycles. The Labute approximate surface area is 143 Å². The van der Waals surface area contributed by atoms with Crippen molar-refractivity contribution in [2.75, 3.05) is 13.1 Å². The lowest BCUT2D eigenvalue weighted by molar-refractivity contribution is 0.0906. The average Bonchev–Trinajstić information content (AvgIpc) is 2.92. The first-order valence-corrected chi connectivity index (χ1v) is 8.34. The van der Waals surface area contributed by atoms with Crippen molar-refractivity contribution < 1.29 is 0 Å². The zero-order chi connectivity index (χ0) is 14.9. The van der Waals surface area contributed by atoms with Gasteiger partial charge in [0, 0.05) is 42.3 Å². The van der Waals surface area contributed by atoms with Crippen LogP contribution < -0.4 is 5.73 Å². The molecule has 0 spiro atoms. The van der Waals surface area contributed by atoms with Crippen molar-refractivity contribution in [2.45, 2.75) is 32.9 Å². The molecular weight excluding hydrogens is 314 g/mol. The Morgan fingerprint density at radius 2 is 2.05 bits per heavy atom. The molecule has 0 saturated carbocycles. The molecule has 0 aliphatic carbocycles. The van der Waals surface area contributed by atoms with E-state index in [4.69, 9.17) is 5.73 Å². The maximum Gasteiger partial charge on any atom is 0.123 e. The first kappa shape index (κ1) is 17.4. The summed E-state index contributed by atoms with van der Waals surface area (Å²) in [5.74, 6) is 0. The van der Waals surface area contributed by atoms with Crippen LogP contribution in [-0.4, -0.2) is 29.0 Å². The van der Waals surface area contributed by atoms with Crippen LogP contribution in [0.2, 0.25) is 0 Å². The molecule has 22 heavy (non-hydrogen) atoms. The summed E-state index contributed by atoms with van der Waals surface area (Å²) in [5.41, 5.74) is 7.61. The smallest absolute Gasteiger partial charge is 0.123 e. The van der Waals surface area contributed by atoms with Gasteiger partial charge in [-0.15, -0.1) is 23.7 Å². The number of hydrogen-bond acceptors (Lipinski definition) is 4. The zero-order valence-corrected chi connectivity index (χ0v) is 14.8. The highest BCUT2D eigenvalue weighted by atomic mass is 35.5. The van der Waals surface area contributed by atoms with Crippen LogP contribution in [0.4, 0.5) is 0 Å². The van der Waals surface area contributed by atoms with Gasteiger partial charge in [0.2, 0.25) is 0 Å². The number of thiazole rings is 1. The Hall–Kier alpha value is -0.940. The van der Waals surface area contributed by atoms with E-state index in [0.29, 0.717) is 6.04 Å². The highest BCUT2D eigenvalue weighted by Crippen LogP contribution is 2.30. The molecule has 0 bridgehead atoms. The molecule has 2 heterocycles. The lowest BCUT2D eigenvalue weighted by Gasteiger charge is -2.42. The fourth-order valence-electron chi connectivity index (χ4n) is 2.94. The number of piperidine rings is 1. The fourth-order valence-corrected chi connectivity index (χ4v) is 3.90. The zero-order valence-electron chi connectivity index (χ0n) is 13.2. The maximum absolute atomic E-state index is 6.21. The maximum atomic E-state index is 6.21. The lowest BCUT2D eigenvalue weighted by atomic mass is 9.80. The number of nitrogens with two attached hydrogens (primary N) is 1. The number of rotatable bonds is 3. The van der Waals surface area contributed by atoms with Gasteiger partial charge in [-0.1, -0.05) is 44.2 Å².